The van der Waals surface area contributed by atoms with Crippen molar-refractivity contribution in [1.29, 1.82) is 0 Å². The predicted molar refractivity (Wildman–Crippen MR) is 82.9 cm³/mol. The van der Waals surface area contributed by atoms with Crippen LogP contribution in [0.1, 0.15) is 55.3 Å². The van der Waals surface area contributed by atoms with Crippen LogP contribution in [0.5, 0.6) is 0 Å². The molecular formula is C16H20ClNO3. The van der Waals surface area contributed by atoms with E-state index in [4.69, 9.17) is 16.7 Å². The number of benzene rings is 1. The number of carbonyl (C=O) groups excluding carboxylic acids is 1. The van der Waals surface area contributed by atoms with Gasteiger partial charge in [0.2, 0.25) is 5.91 Å². The van der Waals surface area contributed by atoms with Gasteiger partial charge in [-0.2, -0.15) is 0 Å². The van der Waals surface area contributed by atoms with Gasteiger partial charge in [0.25, 0.3) is 0 Å². The van der Waals surface area contributed by atoms with E-state index in [9.17, 15) is 9.59 Å². The quantitative estimate of drug-likeness (QED) is 0.850. The second-order valence-corrected chi connectivity index (χ2v) is 6.02. The Bertz CT molecular complexity index is 524. The molecule has 1 amide bonds. The monoisotopic (exact) mass is 309 g/mol. The summed E-state index contributed by atoms with van der Waals surface area (Å²) in [7, 11) is 0. The summed E-state index contributed by atoms with van der Waals surface area (Å²) < 4.78 is 0. The van der Waals surface area contributed by atoms with E-state index in [1.165, 1.54) is 50.3 Å². The molecule has 114 valence electrons. The minimum Gasteiger partial charge on any atom is -0.478 e. The first kappa shape index (κ1) is 15.8. The maximum atomic E-state index is 12.0. The summed E-state index contributed by atoms with van der Waals surface area (Å²) in [5.41, 5.74) is 0.328. The molecule has 21 heavy (non-hydrogen) atoms. The summed E-state index contributed by atoms with van der Waals surface area (Å²) in [6.07, 6.45) is 7.50. The normalized spacial score (nSPS) is 15.7. The van der Waals surface area contributed by atoms with E-state index in [0.717, 1.165) is 6.42 Å². The van der Waals surface area contributed by atoms with E-state index >= 15 is 0 Å². The fourth-order valence-corrected chi connectivity index (χ4v) is 3.00. The molecule has 2 rings (SSSR count). The second kappa shape index (κ2) is 7.46. The number of amides is 1. The number of halogens is 1. The van der Waals surface area contributed by atoms with Crippen molar-refractivity contribution in [3.05, 3.63) is 28.8 Å². The first-order chi connectivity index (χ1) is 10.1. The van der Waals surface area contributed by atoms with Gasteiger partial charge < -0.3 is 10.4 Å². The van der Waals surface area contributed by atoms with Gasteiger partial charge in [0.15, 0.2) is 0 Å². The van der Waals surface area contributed by atoms with Crippen LogP contribution in [0.25, 0.3) is 0 Å². The highest BCUT2D eigenvalue weighted by Gasteiger charge is 2.16. The van der Waals surface area contributed by atoms with Crippen molar-refractivity contribution >= 4 is 29.2 Å². The van der Waals surface area contributed by atoms with E-state index in [1.807, 2.05) is 0 Å². The molecule has 1 aromatic carbocycles. The molecule has 0 bridgehead atoms. The molecule has 1 aliphatic rings. The van der Waals surface area contributed by atoms with Gasteiger partial charge in [0, 0.05) is 11.4 Å². The first-order valence-corrected chi connectivity index (χ1v) is 7.77. The van der Waals surface area contributed by atoms with Gasteiger partial charge in [-0.15, -0.1) is 0 Å². The van der Waals surface area contributed by atoms with Crippen LogP contribution < -0.4 is 5.32 Å². The second-order valence-electron chi connectivity index (χ2n) is 5.59. The molecule has 0 aliphatic heterocycles. The van der Waals surface area contributed by atoms with E-state index in [0.29, 0.717) is 17.4 Å². The molecule has 5 heteroatoms. The summed E-state index contributed by atoms with van der Waals surface area (Å²) >= 11 is 5.86. The lowest BCUT2D eigenvalue weighted by atomic mass is 9.86. The van der Waals surface area contributed by atoms with E-state index < -0.39 is 5.97 Å². The van der Waals surface area contributed by atoms with Crippen molar-refractivity contribution < 1.29 is 14.7 Å². The molecule has 0 spiro atoms. The minimum absolute atomic E-state index is 0.0606. The molecule has 2 N–H and O–H groups in total. The van der Waals surface area contributed by atoms with Crippen LogP contribution in [0.3, 0.4) is 0 Å². The van der Waals surface area contributed by atoms with Crippen molar-refractivity contribution in [3.63, 3.8) is 0 Å². The van der Waals surface area contributed by atoms with Crippen LogP contribution in [0.15, 0.2) is 18.2 Å². The zero-order valence-electron chi connectivity index (χ0n) is 11.9. The van der Waals surface area contributed by atoms with Gasteiger partial charge in [0.05, 0.1) is 11.3 Å². The third kappa shape index (κ3) is 4.74. The largest absolute Gasteiger partial charge is 0.478 e. The Morgan fingerprint density at radius 2 is 1.95 bits per heavy atom. The van der Waals surface area contributed by atoms with Crippen molar-refractivity contribution in [1.82, 2.24) is 0 Å². The molecule has 0 atom stereocenters. The van der Waals surface area contributed by atoms with Crippen LogP contribution in [0.2, 0.25) is 5.02 Å². The maximum Gasteiger partial charge on any atom is 0.337 e. The number of nitrogens with one attached hydrogen (secondary N) is 1. The summed E-state index contributed by atoms with van der Waals surface area (Å²) in [5.74, 6) is -0.595. The van der Waals surface area contributed by atoms with Crippen molar-refractivity contribution in [2.75, 3.05) is 5.32 Å². The summed E-state index contributed by atoms with van der Waals surface area (Å²) in [5, 5.41) is 12.2. The molecule has 0 saturated heterocycles. The molecule has 0 heterocycles. The van der Waals surface area contributed by atoms with Gasteiger partial charge in [0.1, 0.15) is 0 Å². The zero-order valence-corrected chi connectivity index (χ0v) is 12.7. The van der Waals surface area contributed by atoms with Crippen LogP contribution in [0, 0.1) is 5.92 Å². The van der Waals surface area contributed by atoms with Gasteiger partial charge in [-0.05, 0) is 30.5 Å². The van der Waals surface area contributed by atoms with Gasteiger partial charge >= 0.3 is 5.97 Å². The molecule has 1 aromatic rings. The fourth-order valence-electron chi connectivity index (χ4n) is 2.83. The average molecular weight is 310 g/mol. The number of rotatable bonds is 5. The predicted octanol–water partition coefficient (Wildman–Crippen LogP) is 4.34. The smallest absolute Gasteiger partial charge is 0.337 e. The van der Waals surface area contributed by atoms with Gasteiger partial charge in [-0.3, -0.25) is 4.79 Å². The van der Waals surface area contributed by atoms with E-state index in [2.05, 4.69) is 5.32 Å². The zero-order chi connectivity index (χ0) is 15.2. The Balaban J connectivity index is 1.92. The Morgan fingerprint density at radius 1 is 1.24 bits per heavy atom. The number of aromatic carboxylic acids is 1. The molecule has 1 aliphatic carbocycles. The fraction of sp³-hybridized carbons (Fsp3) is 0.500. The van der Waals surface area contributed by atoms with Gasteiger partial charge in [-0.25, -0.2) is 4.79 Å². The Kier molecular flexibility index (Phi) is 5.62. The molecule has 0 unspecified atom stereocenters. The molecule has 1 fully saturated rings. The number of carbonyl (C=O) groups is 2. The highest BCUT2D eigenvalue weighted by molar-refractivity contribution is 6.31. The average Bonchev–Trinajstić information content (AvgIpc) is 2.46. The lowest BCUT2D eigenvalue weighted by Crippen LogP contribution is -2.16. The minimum atomic E-state index is -1.07. The molecule has 4 nitrogen and oxygen atoms in total. The van der Waals surface area contributed by atoms with Crippen molar-refractivity contribution in [2.45, 2.75) is 44.9 Å². The van der Waals surface area contributed by atoms with Crippen molar-refractivity contribution in [3.8, 4) is 0 Å². The molecule has 1 saturated carbocycles. The Morgan fingerprint density at radius 3 is 2.62 bits per heavy atom. The number of carboxylic acids is 1. The van der Waals surface area contributed by atoms with Crippen LogP contribution in [-0.4, -0.2) is 17.0 Å². The van der Waals surface area contributed by atoms with Crippen molar-refractivity contribution in [2.24, 2.45) is 5.92 Å². The SMILES string of the molecule is O=C(CCC1CCCCC1)Nc1cc(Cl)ccc1C(=O)O. The molecule has 0 radical (unpaired) electrons. The number of hydrogen-bond donors (Lipinski definition) is 2. The third-order valence-corrected chi connectivity index (χ3v) is 4.23. The van der Waals surface area contributed by atoms with Crippen LogP contribution in [-0.2, 0) is 4.79 Å². The van der Waals surface area contributed by atoms with E-state index in [1.54, 1.807) is 0 Å². The molecular weight excluding hydrogens is 290 g/mol. The highest BCUT2D eigenvalue weighted by atomic mass is 35.5. The number of carboxylic acid groups (broad SMARTS) is 1. The maximum absolute atomic E-state index is 12.0. The highest BCUT2D eigenvalue weighted by Crippen LogP contribution is 2.27. The number of hydrogen-bond acceptors (Lipinski definition) is 2. The van der Waals surface area contributed by atoms with E-state index in [-0.39, 0.29) is 17.2 Å². The van der Waals surface area contributed by atoms with Gasteiger partial charge in [-0.1, -0.05) is 43.7 Å². The topological polar surface area (TPSA) is 66.4 Å². The standard InChI is InChI=1S/C16H20ClNO3/c17-12-7-8-13(16(20)21)14(10-12)18-15(19)9-6-11-4-2-1-3-5-11/h7-8,10-11H,1-6,9H2,(H,18,19)(H,20,21). The summed E-state index contributed by atoms with van der Waals surface area (Å²) in [4.78, 5) is 23.1. The molecule has 0 aromatic heterocycles. The lowest BCUT2D eigenvalue weighted by molar-refractivity contribution is -0.116. The summed E-state index contributed by atoms with van der Waals surface area (Å²) in [6, 6.07) is 4.38. The lowest BCUT2D eigenvalue weighted by Gasteiger charge is -2.21. The Labute approximate surface area is 129 Å². The first-order valence-electron chi connectivity index (χ1n) is 7.39. The summed E-state index contributed by atoms with van der Waals surface area (Å²) in [6.45, 7) is 0. The number of anilines is 1. The third-order valence-electron chi connectivity index (χ3n) is 3.99. The Hall–Kier alpha value is -1.55. The van der Waals surface area contributed by atoms with Crippen LogP contribution >= 0.6 is 11.6 Å². The van der Waals surface area contributed by atoms with Crippen LogP contribution in [0.4, 0.5) is 5.69 Å².